The third-order valence-corrected chi connectivity index (χ3v) is 9.57. The molecule has 0 saturated carbocycles. The van der Waals surface area contributed by atoms with Crippen molar-refractivity contribution in [2.24, 2.45) is 0 Å². The number of fused-ring (bicyclic) bond motifs is 3. The standard InChI is InChI=1S/C47H33FN4/c1-30-24-31(2)26-37(25-30)36-20-22-40-39-18-9-10-19-42(39)52(43(40)29-36)44-28-35(34-16-11-17-38(48)27-34)21-23-41(44)47-50-45(32-12-5-3-6-13-32)49-46(51-47)33-14-7-4-8-15-33/h3-29H,1-2H3. The van der Waals surface area contributed by atoms with Crippen LogP contribution in [0.2, 0.25) is 0 Å². The summed E-state index contributed by atoms with van der Waals surface area (Å²) in [6.07, 6.45) is 0. The van der Waals surface area contributed by atoms with E-state index in [1.807, 2.05) is 72.8 Å². The molecule has 7 aromatic carbocycles. The van der Waals surface area contributed by atoms with Crippen LogP contribution < -0.4 is 0 Å². The van der Waals surface area contributed by atoms with Gasteiger partial charge in [-0.25, -0.2) is 19.3 Å². The first-order chi connectivity index (χ1) is 25.5. The first kappa shape index (κ1) is 31.3. The second kappa shape index (κ2) is 12.9. The number of para-hydroxylation sites is 1. The van der Waals surface area contributed by atoms with E-state index in [1.165, 1.54) is 22.8 Å². The minimum Gasteiger partial charge on any atom is -0.308 e. The minimum absolute atomic E-state index is 0.282. The predicted molar refractivity (Wildman–Crippen MR) is 211 cm³/mol. The van der Waals surface area contributed by atoms with Gasteiger partial charge >= 0.3 is 0 Å². The second-order valence-electron chi connectivity index (χ2n) is 13.2. The monoisotopic (exact) mass is 672 g/mol. The summed E-state index contributed by atoms with van der Waals surface area (Å²) in [6.45, 7) is 4.27. The highest BCUT2D eigenvalue weighted by Gasteiger charge is 2.21. The Morgan fingerprint density at radius 3 is 1.65 bits per heavy atom. The lowest BCUT2D eigenvalue weighted by Crippen LogP contribution is -2.04. The van der Waals surface area contributed by atoms with Crippen LogP contribution in [0.25, 0.3) is 83.9 Å². The van der Waals surface area contributed by atoms with Gasteiger partial charge in [-0.1, -0.05) is 139 Å². The number of aromatic nitrogens is 4. The van der Waals surface area contributed by atoms with Crippen molar-refractivity contribution in [1.82, 2.24) is 19.5 Å². The lowest BCUT2D eigenvalue weighted by Gasteiger charge is -2.17. The zero-order valence-electron chi connectivity index (χ0n) is 28.8. The van der Waals surface area contributed by atoms with Crippen LogP contribution in [0.3, 0.4) is 0 Å². The van der Waals surface area contributed by atoms with Crippen LogP contribution in [-0.4, -0.2) is 19.5 Å². The Balaban J connectivity index is 1.36. The Hall–Kier alpha value is -6.72. The molecule has 9 rings (SSSR count). The van der Waals surface area contributed by atoms with Gasteiger partial charge in [-0.2, -0.15) is 0 Å². The summed E-state index contributed by atoms with van der Waals surface area (Å²) < 4.78 is 16.9. The average molecular weight is 673 g/mol. The molecule has 0 saturated heterocycles. The highest BCUT2D eigenvalue weighted by Crippen LogP contribution is 2.40. The lowest BCUT2D eigenvalue weighted by atomic mass is 9.99. The molecule has 248 valence electrons. The summed E-state index contributed by atoms with van der Waals surface area (Å²) in [6, 6.07) is 54.8. The molecule has 0 N–H and O–H groups in total. The molecule has 0 bridgehead atoms. The van der Waals surface area contributed by atoms with Gasteiger partial charge in [0.2, 0.25) is 0 Å². The zero-order chi connectivity index (χ0) is 35.2. The van der Waals surface area contributed by atoms with Crippen LogP contribution in [0.15, 0.2) is 164 Å². The highest BCUT2D eigenvalue weighted by atomic mass is 19.1. The molecule has 2 heterocycles. The topological polar surface area (TPSA) is 43.6 Å². The SMILES string of the molecule is Cc1cc(C)cc(-c2ccc3c4ccccc4n(-c4cc(-c5cccc(F)c5)ccc4-c4nc(-c5ccccc5)nc(-c5ccccc5)n4)c3c2)c1. The summed E-state index contributed by atoms with van der Waals surface area (Å²) in [7, 11) is 0. The number of benzene rings is 7. The van der Waals surface area contributed by atoms with E-state index >= 15 is 0 Å². The Morgan fingerprint density at radius 1 is 0.404 bits per heavy atom. The summed E-state index contributed by atoms with van der Waals surface area (Å²) >= 11 is 0. The molecule has 0 aliphatic rings. The minimum atomic E-state index is -0.282. The Labute approximate surface area is 301 Å². The number of aryl methyl sites for hydroxylation is 2. The average Bonchev–Trinajstić information content (AvgIpc) is 3.51. The highest BCUT2D eigenvalue weighted by molar-refractivity contribution is 6.10. The Kier molecular flexibility index (Phi) is 7.74. The van der Waals surface area contributed by atoms with Crippen LogP contribution in [0.1, 0.15) is 11.1 Å². The van der Waals surface area contributed by atoms with Crippen LogP contribution in [0.4, 0.5) is 4.39 Å². The molecule has 0 unspecified atom stereocenters. The largest absolute Gasteiger partial charge is 0.308 e. The molecular formula is C47H33FN4. The maximum Gasteiger partial charge on any atom is 0.166 e. The van der Waals surface area contributed by atoms with Crippen molar-refractivity contribution in [2.75, 3.05) is 0 Å². The number of rotatable bonds is 6. The second-order valence-corrected chi connectivity index (χ2v) is 13.2. The van der Waals surface area contributed by atoms with Crippen molar-refractivity contribution in [1.29, 1.82) is 0 Å². The van der Waals surface area contributed by atoms with Crippen LogP contribution in [0, 0.1) is 19.7 Å². The van der Waals surface area contributed by atoms with Gasteiger partial charge in [0.25, 0.3) is 0 Å². The van der Waals surface area contributed by atoms with Gasteiger partial charge in [-0.15, -0.1) is 0 Å². The molecule has 0 radical (unpaired) electrons. The fraction of sp³-hybridized carbons (Fsp3) is 0.0426. The summed E-state index contributed by atoms with van der Waals surface area (Å²) in [4.78, 5) is 15.2. The van der Waals surface area contributed by atoms with E-state index in [0.29, 0.717) is 17.5 Å². The Morgan fingerprint density at radius 2 is 0.962 bits per heavy atom. The zero-order valence-corrected chi connectivity index (χ0v) is 28.8. The van der Waals surface area contributed by atoms with E-state index in [4.69, 9.17) is 15.0 Å². The van der Waals surface area contributed by atoms with E-state index in [1.54, 1.807) is 12.1 Å². The number of halogens is 1. The maximum atomic E-state index is 14.6. The van der Waals surface area contributed by atoms with Crippen LogP contribution in [-0.2, 0) is 0 Å². The van der Waals surface area contributed by atoms with Gasteiger partial charge in [-0.05, 0) is 72.5 Å². The molecule has 4 nitrogen and oxygen atoms in total. The van der Waals surface area contributed by atoms with E-state index in [2.05, 4.69) is 91.2 Å². The summed E-state index contributed by atoms with van der Waals surface area (Å²) in [5, 5.41) is 2.27. The van der Waals surface area contributed by atoms with Crippen molar-refractivity contribution in [3.8, 4) is 62.1 Å². The molecule has 5 heteroatoms. The van der Waals surface area contributed by atoms with Crippen molar-refractivity contribution >= 4 is 21.8 Å². The van der Waals surface area contributed by atoms with Gasteiger partial charge in [-0.3, -0.25) is 0 Å². The van der Waals surface area contributed by atoms with Crippen LogP contribution >= 0.6 is 0 Å². The molecule has 0 fully saturated rings. The molecule has 2 aromatic heterocycles. The first-order valence-corrected chi connectivity index (χ1v) is 17.4. The molecule has 0 amide bonds. The lowest BCUT2D eigenvalue weighted by molar-refractivity contribution is 0.628. The fourth-order valence-electron chi connectivity index (χ4n) is 7.23. The number of nitrogens with zero attached hydrogens (tertiary/aromatic N) is 4. The Bertz CT molecular complexity index is 2690. The summed E-state index contributed by atoms with van der Waals surface area (Å²) in [5.41, 5.74) is 12.0. The quantitative estimate of drug-likeness (QED) is 0.177. The van der Waals surface area contributed by atoms with Gasteiger partial charge < -0.3 is 4.57 Å². The molecule has 0 aliphatic carbocycles. The van der Waals surface area contributed by atoms with E-state index in [-0.39, 0.29) is 5.82 Å². The van der Waals surface area contributed by atoms with E-state index < -0.39 is 0 Å². The molecule has 0 aliphatic heterocycles. The van der Waals surface area contributed by atoms with Gasteiger partial charge in [0, 0.05) is 27.5 Å². The molecular weight excluding hydrogens is 640 g/mol. The van der Waals surface area contributed by atoms with Crippen molar-refractivity contribution in [3.05, 3.63) is 181 Å². The smallest absolute Gasteiger partial charge is 0.166 e. The van der Waals surface area contributed by atoms with Gasteiger partial charge in [0.15, 0.2) is 17.5 Å². The molecule has 52 heavy (non-hydrogen) atoms. The third-order valence-electron chi connectivity index (χ3n) is 9.57. The van der Waals surface area contributed by atoms with Crippen LogP contribution in [0.5, 0.6) is 0 Å². The first-order valence-electron chi connectivity index (χ1n) is 17.4. The molecule has 0 atom stereocenters. The van der Waals surface area contributed by atoms with E-state index in [0.717, 1.165) is 60.9 Å². The van der Waals surface area contributed by atoms with Gasteiger partial charge in [0.1, 0.15) is 5.82 Å². The normalized spacial score (nSPS) is 11.4. The van der Waals surface area contributed by atoms with Crippen molar-refractivity contribution in [2.45, 2.75) is 13.8 Å². The number of hydrogen-bond donors (Lipinski definition) is 0. The number of hydrogen-bond acceptors (Lipinski definition) is 3. The summed E-state index contributed by atoms with van der Waals surface area (Å²) in [5.74, 6) is 1.44. The third kappa shape index (κ3) is 5.72. The van der Waals surface area contributed by atoms with Crippen molar-refractivity contribution in [3.63, 3.8) is 0 Å². The fourth-order valence-corrected chi connectivity index (χ4v) is 7.23. The molecule has 9 aromatic rings. The predicted octanol–water partition coefficient (Wildman–Crippen LogP) is 12.1. The van der Waals surface area contributed by atoms with E-state index in [9.17, 15) is 4.39 Å². The van der Waals surface area contributed by atoms with Crippen molar-refractivity contribution < 1.29 is 4.39 Å². The molecule has 0 spiro atoms. The van der Waals surface area contributed by atoms with Gasteiger partial charge in [0.05, 0.1) is 16.7 Å². The maximum absolute atomic E-state index is 14.6.